The maximum Gasteiger partial charge on any atom is 0.407 e. The summed E-state index contributed by atoms with van der Waals surface area (Å²) in [6, 6.07) is 14.8. The number of carbonyl (C=O) groups excluding carboxylic acids is 2. The number of β-amino-alcohol motifs (C(OH)–C–C–N with tert-alkyl or cyclic N) is 1. The first-order valence-corrected chi connectivity index (χ1v) is 12.3. The van der Waals surface area contributed by atoms with Gasteiger partial charge in [0.15, 0.2) is 0 Å². The van der Waals surface area contributed by atoms with Gasteiger partial charge in [0.1, 0.15) is 12.6 Å². The molecule has 0 bridgehead atoms. The number of aliphatic hydroxyl groups is 1. The van der Waals surface area contributed by atoms with Crippen LogP contribution in [-0.2, 0) is 14.3 Å². The number of hydrogen-bond acceptors (Lipinski definition) is 5. The van der Waals surface area contributed by atoms with Gasteiger partial charge in [-0.2, -0.15) is 0 Å². The average Bonchev–Trinajstić information content (AvgIpc) is 3.41. The molecule has 0 spiro atoms. The number of alkyl carbamates (subject to hydrolysis) is 1. The van der Waals surface area contributed by atoms with E-state index >= 15 is 0 Å². The molecule has 3 aliphatic rings. The number of nitrogens with one attached hydrogen (secondary N) is 1. The number of carbonyl (C=O) groups is 3. The second kappa shape index (κ2) is 9.70. The summed E-state index contributed by atoms with van der Waals surface area (Å²) < 4.78 is 5.66. The highest BCUT2D eigenvalue weighted by molar-refractivity contribution is 5.87. The smallest absolute Gasteiger partial charge is 0.407 e. The van der Waals surface area contributed by atoms with Crippen molar-refractivity contribution >= 4 is 18.0 Å². The van der Waals surface area contributed by atoms with Crippen molar-refractivity contribution in [3.63, 3.8) is 0 Å². The molecule has 1 saturated carbocycles. The average molecular weight is 479 g/mol. The van der Waals surface area contributed by atoms with E-state index in [-0.39, 0.29) is 31.4 Å². The highest BCUT2D eigenvalue weighted by atomic mass is 16.5. The minimum atomic E-state index is -1.12. The molecule has 2 aliphatic carbocycles. The van der Waals surface area contributed by atoms with E-state index in [2.05, 4.69) is 29.6 Å². The summed E-state index contributed by atoms with van der Waals surface area (Å²) in [5.41, 5.74) is 4.55. The van der Waals surface area contributed by atoms with Crippen LogP contribution in [0.3, 0.4) is 0 Å². The Morgan fingerprint density at radius 2 is 1.60 bits per heavy atom. The highest BCUT2D eigenvalue weighted by Gasteiger charge is 2.44. The Kier molecular flexibility index (Phi) is 6.47. The third-order valence-electron chi connectivity index (χ3n) is 7.58. The fourth-order valence-corrected chi connectivity index (χ4v) is 5.90. The lowest BCUT2D eigenvalue weighted by atomic mass is 9.83. The maximum absolute atomic E-state index is 13.3. The van der Waals surface area contributed by atoms with E-state index in [9.17, 15) is 24.6 Å². The van der Waals surface area contributed by atoms with Crippen LogP contribution in [0.1, 0.15) is 49.1 Å². The number of ether oxygens (including phenoxy) is 1. The molecule has 0 aromatic heterocycles. The molecule has 0 radical (unpaired) electrons. The summed E-state index contributed by atoms with van der Waals surface area (Å²) in [6.07, 6.45) is 1.47. The molecule has 2 aromatic rings. The summed E-state index contributed by atoms with van der Waals surface area (Å²) in [5.74, 6) is -2.03. The number of carboxylic acid groups (broad SMARTS) is 1. The normalized spacial score (nSPS) is 25.6. The van der Waals surface area contributed by atoms with Crippen LogP contribution in [0.25, 0.3) is 11.1 Å². The van der Waals surface area contributed by atoms with Crippen LogP contribution in [0.15, 0.2) is 48.5 Å². The van der Waals surface area contributed by atoms with Crippen molar-refractivity contribution in [1.29, 1.82) is 0 Å². The van der Waals surface area contributed by atoms with E-state index < -0.39 is 36.2 Å². The summed E-state index contributed by atoms with van der Waals surface area (Å²) in [5, 5.41) is 22.3. The van der Waals surface area contributed by atoms with Gasteiger partial charge >= 0.3 is 12.1 Å². The molecule has 35 heavy (non-hydrogen) atoms. The zero-order valence-corrected chi connectivity index (χ0v) is 19.4. The SMILES string of the molecule is O=C(N[C@@H]1CCCC[C@@H]1C(=O)N1C[C@H](O)C[C@H]1C(=O)O)OCC1c2ccccc2-c2ccccc21. The second-order valence-corrected chi connectivity index (χ2v) is 9.70. The fraction of sp³-hybridized carbons (Fsp3) is 0.444. The van der Waals surface area contributed by atoms with Crippen molar-refractivity contribution in [2.24, 2.45) is 5.92 Å². The van der Waals surface area contributed by atoms with Gasteiger partial charge in [-0.15, -0.1) is 0 Å². The van der Waals surface area contributed by atoms with Crippen LogP contribution in [0.4, 0.5) is 4.79 Å². The van der Waals surface area contributed by atoms with Crippen LogP contribution in [-0.4, -0.2) is 64.4 Å². The summed E-state index contributed by atoms with van der Waals surface area (Å²) in [6.45, 7) is 0.189. The molecule has 1 saturated heterocycles. The molecular formula is C27H30N2O6. The number of fused-ring (bicyclic) bond motifs is 3. The maximum atomic E-state index is 13.3. The van der Waals surface area contributed by atoms with Crippen molar-refractivity contribution in [1.82, 2.24) is 10.2 Å². The van der Waals surface area contributed by atoms with E-state index in [0.717, 1.165) is 35.1 Å². The fourth-order valence-electron chi connectivity index (χ4n) is 5.90. The molecule has 8 heteroatoms. The number of hydrogen-bond donors (Lipinski definition) is 3. The highest BCUT2D eigenvalue weighted by Crippen LogP contribution is 2.44. The predicted octanol–water partition coefficient (Wildman–Crippen LogP) is 3.13. The van der Waals surface area contributed by atoms with Gasteiger partial charge in [-0.25, -0.2) is 9.59 Å². The number of aliphatic carboxylic acids is 1. The van der Waals surface area contributed by atoms with Crippen molar-refractivity contribution in [3.05, 3.63) is 59.7 Å². The van der Waals surface area contributed by atoms with Crippen molar-refractivity contribution in [2.75, 3.05) is 13.2 Å². The van der Waals surface area contributed by atoms with Gasteiger partial charge in [0.05, 0.1) is 12.0 Å². The first kappa shape index (κ1) is 23.4. The van der Waals surface area contributed by atoms with Crippen LogP contribution in [0.2, 0.25) is 0 Å². The van der Waals surface area contributed by atoms with Crippen LogP contribution in [0, 0.1) is 5.92 Å². The molecule has 2 aromatic carbocycles. The van der Waals surface area contributed by atoms with E-state index in [1.54, 1.807) is 0 Å². The first-order chi connectivity index (χ1) is 16.9. The number of carboxylic acids is 1. The summed E-state index contributed by atoms with van der Waals surface area (Å²) in [4.78, 5) is 38.9. The van der Waals surface area contributed by atoms with Gasteiger partial charge in [0.2, 0.25) is 5.91 Å². The molecule has 1 heterocycles. The van der Waals surface area contributed by atoms with E-state index in [1.807, 2.05) is 24.3 Å². The molecule has 8 nitrogen and oxygen atoms in total. The van der Waals surface area contributed by atoms with Crippen molar-refractivity contribution in [2.45, 2.75) is 56.2 Å². The Balaban J connectivity index is 1.25. The van der Waals surface area contributed by atoms with E-state index in [4.69, 9.17) is 4.74 Å². The number of benzene rings is 2. The number of aliphatic hydroxyl groups excluding tert-OH is 1. The lowest BCUT2D eigenvalue weighted by Gasteiger charge is -2.34. The first-order valence-electron chi connectivity index (χ1n) is 12.3. The van der Waals surface area contributed by atoms with Gasteiger partial charge in [0.25, 0.3) is 0 Å². The quantitative estimate of drug-likeness (QED) is 0.608. The van der Waals surface area contributed by atoms with Gasteiger partial charge in [0, 0.05) is 24.9 Å². The number of rotatable bonds is 5. The molecule has 5 rings (SSSR count). The predicted molar refractivity (Wildman–Crippen MR) is 128 cm³/mol. The van der Waals surface area contributed by atoms with Crippen molar-refractivity contribution in [3.8, 4) is 11.1 Å². The molecule has 2 fully saturated rings. The minimum Gasteiger partial charge on any atom is -0.480 e. The Morgan fingerprint density at radius 1 is 0.971 bits per heavy atom. The molecule has 0 unspecified atom stereocenters. The zero-order valence-electron chi connectivity index (χ0n) is 19.4. The number of likely N-dealkylation sites (tertiary alicyclic amines) is 1. The number of amides is 2. The standard InChI is InChI=1S/C27H30N2O6/c30-16-13-24(26(32)33)29(14-16)25(31)21-11-5-6-12-23(21)28-27(34)35-15-22-19-9-3-1-7-17(19)18-8-2-4-10-20(18)22/h1-4,7-10,16,21-24,30H,5-6,11-15H2,(H,28,34)(H,32,33)/t16-,21+,23-,24+/m1/s1. The molecule has 1 aliphatic heterocycles. The van der Waals surface area contributed by atoms with Gasteiger partial charge < -0.3 is 25.2 Å². The van der Waals surface area contributed by atoms with Gasteiger partial charge in [-0.05, 0) is 35.1 Å². The Bertz CT molecular complexity index is 1090. The monoisotopic (exact) mass is 478 g/mol. The Morgan fingerprint density at radius 3 is 2.26 bits per heavy atom. The molecule has 2 amide bonds. The molecule has 184 valence electrons. The van der Waals surface area contributed by atoms with E-state index in [1.165, 1.54) is 4.90 Å². The van der Waals surface area contributed by atoms with E-state index in [0.29, 0.717) is 12.8 Å². The molecular weight excluding hydrogens is 448 g/mol. The van der Waals surface area contributed by atoms with Crippen LogP contribution < -0.4 is 5.32 Å². The van der Waals surface area contributed by atoms with Crippen molar-refractivity contribution < 1.29 is 29.3 Å². The van der Waals surface area contributed by atoms with Crippen LogP contribution in [0.5, 0.6) is 0 Å². The largest absolute Gasteiger partial charge is 0.480 e. The van der Waals surface area contributed by atoms with Gasteiger partial charge in [-0.3, -0.25) is 4.79 Å². The third kappa shape index (κ3) is 4.50. The Hall–Kier alpha value is -3.39. The topological polar surface area (TPSA) is 116 Å². The third-order valence-corrected chi connectivity index (χ3v) is 7.58. The molecule has 4 atom stereocenters. The second-order valence-electron chi connectivity index (χ2n) is 9.70. The summed E-state index contributed by atoms with van der Waals surface area (Å²) >= 11 is 0. The summed E-state index contributed by atoms with van der Waals surface area (Å²) in [7, 11) is 0. The minimum absolute atomic E-state index is 0.00393. The Labute approximate surface area is 203 Å². The van der Waals surface area contributed by atoms with Gasteiger partial charge in [-0.1, -0.05) is 61.4 Å². The number of nitrogens with zero attached hydrogens (tertiary/aromatic N) is 1. The molecule has 3 N–H and O–H groups in total. The van der Waals surface area contributed by atoms with Crippen LogP contribution >= 0.6 is 0 Å². The lowest BCUT2D eigenvalue weighted by Crippen LogP contribution is -2.52. The lowest BCUT2D eigenvalue weighted by molar-refractivity contribution is -0.150. The zero-order chi connectivity index (χ0) is 24.5.